The molecule has 0 saturated carbocycles. The van der Waals surface area contributed by atoms with Gasteiger partial charge in [0, 0.05) is 18.1 Å². The van der Waals surface area contributed by atoms with E-state index in [-0.39, 0.29) is 5.75 Å². The van der Waals surface area contributed by atoms with E-state index in [4.69, 9.17) is 43.1 Å². The van der Waals surface area contributed by atoms with Crippen molar-refractivity contribution in [3.05, 3.63) is 29.3 Å². The molecule has 10 heteroatoms. The number of hydrogen-bond donors (Lipinski definition) is 2. The Labute approximate surface area is 189 Å². The lowest BCUT2D eigenvalue weighted by Gasteiger charge is -2.12. The number of ether oxygens (including phenoxy) is 7. The van der Waals surface area contributed by atoms with Crippen LogP contribution >= 0.6 is 0 Å². The third kappa shape index (κ3) is 15.9. The van der Waals surface area contributed by atoms with Crippen LogP contribution in [0.2, 0.25) is 0 Å². The van der Waals surface area contributed by atoms with E-state index in [1.807, 2.05) is 18.2 Å². The summed E-state index contributed by atoms with van der Waals surface area (Å²) in [6.45, 7) is 7.71. The largest absolute Gasteiger partial charge is 0.507 e. The van der Waals surface area contributed by atoms with Gasteiger partial charge in [0.2, 0.25) is 0 Å². The summed E-state index contributed by atoms with van der Waals surface area (Å²) in [5, 5.41) is 17.8. The summed E-state index contributed by atoms with van der Waals surface area (Å²) in [5.41, 5.74) is 1.46. The minimum absolute atomic E-state index is 0.211. The molecule has 1 aliphatic heterocycles. The van der Waals surface area contributed by atoms with Crippen LogP contribution in [0.5, 0.6) is 5.75 Å². The van der Waals surface area contributed by atoms with Gasteiger partial charge < -0.3 is 43.4 Å². The summed E-state index contributed by atoms with van der Waals surface area (Å²) in [6, 6.07) is 5.55. The lowest BCUT2D eigenvalue weighted by atomic mass is 10.1. The molecule has 184 valence electrons. The van der Waals surface area contributed by atoms with Crippen LogP contribution in [-0.4, -0.2) is 95.5 Å². The SMILES string of the molecule is CC(=O)O.Oc1c2cccc1COCCOCCOCCOCCOCCOCCOC2. The van der Waals surface area contributed by atoms with Gasteiger partial charge in [-0.05, 0) is 0 Å². The highest BCUT2D eigenvalue weighted by atomic mass is 16.6. The summed E-state index contributed by atoms with van der Waals surface area (Å²) in [6.07, 6.45) is 0. The van der Waals surface area contributed by atoms with E-state index in [0.29, 0.717) is 92.5 Å². The summed E-state index contributed by atoms with van der Waals surface area (Å²) in [5.74, 6) is -0.622. The number of rotatable bonds is 0. The monoisotopic (exact) mass is 460 g/mol. The first-order chi connectivity index (χ1) is 15.6. The molecule has 0 spiro atoms. The number of aliphatic carboxylic acids is 1. The molecule has 2 N–H and O–H groups in total. The standard InChI is InChI=1S/C20H32O8.C2H4O2/c21-20-18-2-1-3-19(20)17-28-15-13-26-11-9-24-7-5-22-4-6-23-8-10-25-12-14-27-16-18;1-2(3)4/h1-3,21H,4-17H2;1H3,(H,3,4). The van der Waals surface area contributed by atoms with Crippen molar-refractivity contribution in [1.82, 2.24) is 0 Å². The second kappa shape index (κ2) is 19.9. The molecule has 0 aliphatic carbocycles. The normalized spacial score (nSPS) is 19.0. The Hall–Kier alpha value is -1.79. The molecule has 0 aromatic heterocycles. The number of carboxylic acids is 1. The number of carbonyl (C=O) groups is 1. The highest BCUT2D eigenvalue weighted by Crippen LogP contribution is 2.23. The zero-order valence-corrected chi connectivity index (χ0v) is 18.8. The van der Waals surface area contributed by atoms with Crippen molar-refractivity contribution in [3.8, 4) is 5.75 Å². The van der Waals surface area contributed by atoms with E-state index in [0.717, 1.165) is 18.1 Å². The van der Waals surface area contributed by atoms with E-state index in [2.05, 4.69) is 0 Å². The smallest absolute Gasteiger partial charge is 0.300 e. The number of carboxylic acid groups (broad SMARTS) is 1. The minimum atomic E-state index is -0.833. The average Bonchev–Trinajstić information content (AvgIpc) is 2.75. The first kappa shape index (κ1) is 28.2. The van der Waals surface area contributed by atoms with Gasteiger partial charge in [0.1, 0.15) is 5.75 Å². The lowest BCUT2D eigenvalue weighted by molar-refractivity contribution is -0.134. The van der Waals surface area contributed by atoms with Crippen molar-refractivity contribution in [3.63, 3.8) is 0 Å². The van der Waals surface area contributed by atoms with Crippen molar-refractivity contribution in [1.29, 1.82) is 0 Å². The van der Waals surface area contributed by atoms with E-state index >= 15 is 0 Å². The second-order valence-corrected chi connectivity index (χ2v) is 6.61. The molecule has 0 atom stereocenters. The van der Waals surface area contributed by atoms with Crippen LogP contribution in [0, 0.1) is 0 Å². The Morgan fingerprint density at radius 2 is 0.875 bits per heavy atom. The van der Waals surface area contributed by atoms with E-state index < -0.39 is 5.97 Å². The van der Waals surface area contributed by atoms with Crippen LogP contribution in [0.15, 0.2) is 18.2 Å². The number of para-hydroxylation sites is 1. The fourth-order valence-electron chi connectivity index (χ4n) is 2.46. The molecule has 1 aliphatic rings. The van der Waals surface area contributed by atoms with Crippen LogP contribution in [0.25, 0.3) is 0 Å². The number of phenolic OH excluding ortho intramolecular Hbond substituents is 1. The maximum absolute atomic E-state index is 10.4. The van der Waals surface area contributed by atoms with Crippen molar-refractivity contribution >= 4 is 5.97 Å². The van der Waals surface area contributed by atoms with Gasteiger partial charge in [0.25, 0.3) is 5.97 Å². The predicted molar refractivity (Wildman–Crippen MR) is 115 cm³/mol. The summed E-state index contributed by atoms with van der Waals surface area (Å²) >= 11 is 0. The topological polar surface area (TPSA) is 122 Å². The molecular formula is C22H36O10. The zero-order chi connectivity index (χ0) is 23.3. The lowest BCUT2D eigenvalue weighted by Crippen LogP contribution is -2.14. The molecule has 0 radical (unpaired) electrons. The molecule has 10 nitrogen and oxygen atoms in total. The van der Waals surface area contributed by atoms with Crippen LogP contribution < -0.4 is 0 Å². The summed E-state index contributed by atoms with van der Waals surface area (Å²) < 4.78 is 38.3. The number of benzene rings is 1. The first-order valence-corrected chi connectivity index (χ1v) is 10.6. The highest BCUT2D eigenvalue weighted by Gasteiger charge is 2.07. The quantitative estimate of drug-likeness (QED) is 0.590. The molecule has 1 aromatic carbocycles. The van der Waals surface area contributed by atoms with Gasteiger partial charge in [-0.15, -0.1) is 0 Å². The molecule has 2 bridgehead atoms. The molecule has 0 saturated heterocycles. The number of aromatic hydroxyl groups is 1. The Morgan fingerprint density at radius 3 is 1.16 bits per heavy atom. The van der Waals surface area contributed by atoms with Crippen LogP contribution in [-0.2, 0) is 51.2 Å². The number of fused-ring (bicyclic) bond motifs is 2. The van der Waals surface area contributed by atoms with Crippen LogP contribution in [0.4, 0.5) is 0 Å². The molecule has 1 heterocycles. The van der Waals surface area contributed by atoms with E-state index in [9.17, 15) is 5.11 Å². The molecule has 0 fully saturated rings. The van der Waals surface area contributed by atoms with Gasteiger partial charge in [-0.25, -0.2) is 0 Å². The van der Waals surface area contributed by atoms with Gasteiger partial charge in [-0.2, -0.15) is 0 Å². The molecule has 2 rings (SSSR count). The maximum Gasteiger partial charge on any atom is 0.300 e. The van der Waals surface area contributed by atoms with Crippen LogP contribution in [0.1, 0.15) is 18.1 Å². The predicted octanol–water partition coefficient (Wildman–Crippen LogP) is 1.61. The number of phenols is 1. The number of hydrogen-bond acceptors (Lipinski definition) is 9. The van der Waals surface area contributed by atoms with Gasteiger partial charge in [0.15, 0.2) is 0 Å². The molecular weight excluding hydrogens is 424 g/mol. The van der Waals surface area contributed by atoms with Crippen molar-refractivity contribution in [2.75, 3.05) is 79.3 Å². The molecule has 0 amide bonds. The van der Waals surface area contributed by atoms with Crippen molar-refractivity contribution in [2.45, 2.75) is 20.1 Å². The fourth-order valence-corrected chi connectivity index (χ4v) is 2.46. The Bertz CT molecular complexity index is 552. The van der Waals surface area contributed by atoms with Gasteiger partial charge in [-0.1, -0.05) is 18.2 Å². The second-order valence-electron chi connectivity index (χ2n) is 6.61. The summed E-state index contributed by atoms with van der Waals surface area (Å²) in [4.78, 5) is 9.00. The maximum atomic E-state index is 10.4. The van der Waals surface area contributed by atoms with Crippen molar-refractivity contribution in [2.24, 2.45) is 0 Å². The van der Waals surface area contributed by atoms with Gasteiger partial charge >= 0.3 is 0 Å². The Kier molecular flexibility index (Phi) is 17.5. The van der Waals surface area contributed by atoms with Gasteiger partial charge in [0.05, 0.1) is 92.5 Å². The van der Waals surface area contributed by atoms with Gasteiger partial charge in [-0.3, -0.25) is 4.79 Å². The fraction of sp³-hybridized carbons (Fsp3) is 0.682. The third-order valence-electron chi connectivity index (χ3n) is 3.95. The third-order valence-corrected chi connectivity index (χ3v) is 3.95. The average molecular weight is 461 g/mol. The van der Waals surface area contributed by atoms with Crippen LogP contribution in [0.3, 0.4) is 0 Å². The Morgan fingerprint density at radius 1 is 0.625 bits per heavy atom. The summed E-state index contributed by atoms with van der Waals surface area (Å²) in [7, 11) is 0. The van der Waals surface area contributed by atoms with E-state index in [1.165, 1.54) is 0 Å². The van der Waals surface area contributed by atoms with E-state index in [1.54, 1.807) is 0 Å². The molecule has 32 heavy (non-hydrogen) atoms. The first-order valence-electron chi connectivity index (χ1n) is 10.6. The minimum Gasteiger partial charge on any atom is -0.507 e. The molecule has 1 aromatic rings. The molecule has 0 unspecified atom stereocenters. The highest BCUT2D eigenvalue weighted by molar-refractivity contribution is 5.62. The van der Waals surface area contributed by atoms with Crippen molar-refractivity contribution < 1.29 is 48.2 Å². The zero-order valence-electron chi connectivity index (χ0n) is 18.8. The Balaban J connectivity index is 0.00000118.